The van der Waals surface area contributed by atoms with E-state index in [0.717, 1.165) is 19.5 Å². The summed E-state index contributed by atoms with van der Waals surface area (Å²) in [6.07, 6.45) is 5.24. The Balaban J connectivity index is 2.25. The van der Waals surface area contributed by atoms with E-state index in [9.17, 15) is 10.1 Å². The second-order valence-corrected chi connectivity index (χ2v) is 5.16. The minimum Gasteiger partial charge on any atom is -0.362 e. The molecule has 0 radical (unpaired) electrons. The van der Waals surface area contributed by atoms with Crippen molar-refractivity contribution >= 4 is 11.4 Å². The van der Waals surface area contributed by atoms with Crippen LogP contribution in [0, 0.1) is 10.1 Å². The van der Waals surface area contributed by atoms with Crippen LogP contribution in [0.4, 0.5) is 11.4 Å². The van der Waals surface area contributed by atoms with Crippen LogP contribution in [0.5, 0.6) is 0 Å². The lowest BCUT2D eigenvalue weighted by molar-refractivity contribution is -0.384. The third-order valence-electron chi connectivity index (χ3n) is 3.49. The molecule has 1 fully saturated rings. The quantitative estimate of drug-likeness (QED) is 0.650. The summed E-state index contributed by atoms with van der Waals surface area (Å²) in [5.41, 5.74) is 0.734. The fourth-order valence-corrected chi connectivity index (χ4v) is 2.50. The maximum absolute atomic E-state index is 11.1. The number of nitrogens with zero attached hydrogens (tertiary/aromatic N) is 3. The molecule has 0 amide bonds. The standard InChI is InChI=1S/C13H20N4O2/c1-10(2)16(9-11-4-3-6-15-11)12-5-7-14-8-13(12)17(18)19/h5,7-8,10-11,15H,3-4,6,9H2,1-2H3. The van der Waals surface area contributed by atoms with Gasteiger partial charge in [0, 0.05) is 24.8 Å². The summed E-state index contributed by atoms with van der Waals surface area (Å²) < 4.78 is 0. The normalized spacial score (nSPS) is 18.8. The Kier molecular flexibility index (Phi) is 4.31. The number of nitro groups is 1. The second-order valence-electron chi connectivity index (χ2n) is 5.16. The fraction of sp³-hybridized carbons (Fsp3) is 0.615. The van der Waals surface area contributed by atoms with E-state index in [1.54, 1.807) is 12.3 Å². The number of rotatable bonds is 5. The number of anilines is 1. The van der Waals surface area contributed by atoms with Crippen LogP contribution in [0.3, 0.4) is 0 Å². The Hall–Kier alpha value is -1.69. The van der Waals surface area contributed by atoms with E-state index < -0.39 is 0 Å². The van der Waals surface area contributed by atoms with Crippen molar-refractivity contribution in [3.63, 3.8) is 0 Å². The summed E-state index contributed by atoms with van der Waals surface area (Å²) in [6, 6.07) is 2.35. The van der Waals surface area contributed by atoms with Gasteiger partial charge in [0.05, 0.1) is 4.92 Å². The molecule has 6 heteroatoms. The van der Waals surface area contributed by atoms with Crippen LogP contribution in [0.25, 0.3) is 0 Å². The maximum Gasteiger partial charge on any atom is 0.310 e. The van der Waals surface area contributed by atoms with Crippen molar-refractivity contribution in [2.75, 3.05) is 18.0 Å². The van der Waals surface area contributed by atoms with Gasteiger partial charge in [0.25, 0.3) is 0 Å². The molecule has 104 valence electrons. The molecule has 1 aliphatic rings. The van der Waals surface area contributed by atoms with Gasteiger partial charge < -0.3 is 10.2 Å². The van der Waals surface area contributed by atoms with Crippen LogP contribution in [-0.4, -0.2) is 35.1 Å². The lowest BCUT2D eigenvalue weighted by Crippen LogP contribution is -2.41. The molecule has 2 heterocycles. The maximum atomic E-state index is 11.1. The summed E-state index contributed by atoms with van der Waals surface area (Å²) in [5, 5.41) is 14.5. The molecule has 0 saturated carbocycles. The van der Waals surface area contributed by atoms with Crippen molar-refractivity contribution in [2.45, 2.75) is 38.8 Å². The zero-order chi connectivity index (χ0) is 13.8. The lowest BCUT2D eigenvalue weighted by atomic mass is 10.1. The van der Waals surface area contributed by atoms with Crippen molar-refractivity contribution < 1.29 is 4.92 Å². The van der Waals surface area contributed by atoms with Gasteiger partial charge in [-0.25, -0.2) is 0 Å². The molecule has 1 N–H and O–H groups in total. The molecule has 1 atom stereocenters. The Morgan fingerprint density at radius 2 is 2.42 bits per heavy atom. The first-order chi connectivity index (χ1) is 9.09. The third-order valence-corrected chi connectivity index (χ3v) is 3.49. The van der Waals surface area contributed by atoms with E-state index in [4.69, 9.17) is 0 Å². The highest BCUT2D eigenvalue weighted by atomic mass is 16.6. The smallest absolute Gasteiger partial charge is 0.310 e. The highest BCUT2D eigenvalue weighted by Gasteiger charge is 2.25. The van der Waals surface area contributed by atoms with E-state index in [-0.39, 0.29) is 16.7 Å². The molecule has 1 saturated heterocycles. The largest absolute Gasteiger partial charge is 0.362 e. The molecule has 1 aliphatic heterocycles. The van der Waals surface area contributed by atoms with Crippen LogP contribution >= 0.6 is 0 Å². The molecule has 6 nitrogen and oxygen atoms in total. The Labute approximate surface area is 113 Å². The number of hydrogen-bond donors (Lipinski definition) is 1. The highest BCUT2D eigenvalue weighted by molar-refractivity contribution is 5.62. The predicted molar refractivity (Wildman–Crippen MR) is 74.4 cm³/mol. The van der Waals surface area contributed by atoms with Gasteiger partial charge in [0.15, 0.2) is 0 Å². The molecule has 1 aromatic rings. The van der Waals surface area contributed by atoms with Crippen LogP contribution in [-0.2, 0) is 0 Å². The zero-order valence-electron chi connectivity index (χ0n) is 11.4. The average molecular weight is 264 g/mol. The van der Waals surface area contributed by atoms with Crippen molar-refractivity contribution in [2.24, 2.45) is 0 Å². The molecule has 19 heavy (non-hydrogen) atoms. The number of pyridine rings is 1. The Bertz CT molecular complexity index is 444. The van der Waals surface area contributed by atoms with Crippen molar-refractivity contribution in [3.05, 3.63) is 28.6 Å². The minimum absolute atomic E-state index is 0.0780. The SMILES string of the molecule is CC(C)N(CC1CCCN1)c1ccncc1[N+](=O)[O-]. The topological polar surface area (TPSA) is 71.3 Å². The van der Waals surface area contributed by atoms with Gasteiger partial charge >= 0.3 is 5.69 Å². The first-order valence-electron chi connectivity index (χ1n) is 6.68. The monoisotopic (exact) mass is 264 g/mol. The van der Waals surface area contributed by atoms with Crippen LogP contribution < -0.4 is 10.2 Å². The van der Waals surface area contributed by atoms with E-state index in [1.165, 1.54) is 12.6 Å². The summed E-state index contributed by atoms with van der Waals surface area (Å²) in [6.45, 7) is 5.94. The number of hydrogen-bond acceptors (Lipinski definition) is 5. The van der Waals surface area contributed by atoms with Crippen LogP contribution in [0.15, 0.2) is 18.5 Å². The number of nitrogens with one attached hydrogen (secondary N) is 1. The second kappa shape index (κ2) is 5.97. The van der Waals surface area contributed by atoms with Crippen LogP contribution in [0.1, 0.15) is 26.7 Å². The van der Waals surface area contributed by atoms with Crippen LogP contribution in [0.2, 0.25) is 0 Å². The van der Waals surface area contributed by atoms with Crippen molar-refractivity contribution in [3.8, 4) is 0 Å². The van der Waals surface area contributed by atoms with Gasteiger partial charge in [0.2, 0.25) is 0 Å². The van der Waals surface area contributed by atoms with Gasteiger partial charge in [-0.2, -0.15) is 0 Å². The molecule has 0 spiro atoms. The highest BCUT2D eigenvalue weighted by Crippen LogP contribution is 2.28. The summed E-state index contributed by atoms with van der Waals surface area (Å²) in [4.78, 5) is 16.7. The summed E-state index contributed by atoms with van der Waals surface area (Å²) in [7, 11) is 0. The summed E-state index contributed by atoms with van der Waals surface area (Å²) in [5.74, 6) is 0. The van der Waals surface area contributed by atoms with Crippen molar-refractivity contribution in [1.82, 2.24) is 10.3 Å². The molecule has 1 aromatic heterocycles. The zero-order valence-corrected chi connectivity index (χ0v) is 11.4. The Morgan fingerprint density at radius 1 is 1.63 bits per heavy atom. The molecular weight excluding hydrogens is 244 g/mol. The molecule has 0 bridgehead atoms. The molecule has 0 aliphatic carbocycles. The van der Waals surface area contributed by atoms with Gasteiger partial charge in [-0.15, -0.1) is 0 Å². The predicted octanol–water partition coefficient (Wildman–Crippen LogP) is 1.96. The lowest BCUT2D eigenvalue weighted by Gasteiger charge is -2.31. The van der Waals surface area contributed by atoms with E-state index in [2.05, 4.69) is 29.0 Å². The van der Waals surface area contributed by atoms with Gasteiger partial charge in [0.1, 0.15) is 11.9 Å². The minimum atomic E-state index is -0.361. The van der Waals surface area contributed by atoms with Gasteiger partial charge in [-0.3, -0.25) is 15.1 Å². The molecular formula is C13H20N4O2. The summed E-state index contributed by atoms with van der Waals surface area (Å²) >= 11 is 0. The average Bonchev–Trinajstić information content (AvgIpc) is 2.88. The van der Waals surface area contributed by atoms with Crippen molar-refractivity contribution in [1.29, 1.82) is 0 Å². The van der Waals surface area contributed by atoms with E-state index >= 15 is 0 Å². The molecule has 2 rings (SSSR count). The molecule has 1 unspecified atom stereocenters. The number of aromatic nitrogens is 1. The fourth-order valence-electron chi connectivity index (χ4n) is 2.50. The first kappa shape index (κ1) is 13.7. The van der Waals surface area contributed by atoms with E-state index in [1.807, 2.05) is 0 Å². The molecule has 0 aromatic carbocycles. The van der Waals surface area contributed by atoms with Gasteiger partial charge in [-0.1, -0.05) is 0 Å². The Morgan fingerprint density at radius 3 is 3.00 bits per heavy atom. The first-order valence-corrected chi connectivity index (χ1v) is 6.68. The van der Waals surface area contributed by atoms with Gasteiger partial charge in [-0.05, 0) is 39.3 Å². The van der Waals surface area contributed by atoms with E-state index in [0.29, 0.717) is 11.7 Å². The third kappa shape index (κ3) is 3.20.